The van der Waals surface area contributed by atoms with Gasteiger partial charge in [-0.2, -0.15) is 0 Å². The van der Waals surface area contributed by atoms with Gasteiger partial charge in [0.15, 0.2) is 5.76 Å². The number of benzene rings is 1. The van der Waals surface area contributed by atoms with Crippen molar-refractivity contribution in [2.45, 2.75) is 44.4 Å². The van der Waals surface area contributed by atoms with E-state index >= 15 is 0 Å². The van der Waals surface area contributed by atoms with Crippen LogP contribution in [0.3, 0.4) is 0 Å². The zero-order chi connectivity index (χ0) is 20.3. The predicted molar refractivity (Wildman–Crippen MR) is 101 cm³/mol. The maximum Gasteiger partial charge on any atom is 0.290 e. The summed E-state index contributed by atoms with van der Waals surface area (Å²) in [6.45, 7) is 2.00. The standard InChI is InChI=1S/C20H22ClFN2O4/c1-12(18(25)17-13(21)6-4-7-14(17)22)23-19(26)15-8-2-3-10-24(15)20(27)16-9-5-11-28-16/h4-7,9,11-12,15,18,25H,2-3,8,10H2,1H3,(H,23,26)/t12-,15+,18-/m0/s1. The van der Waals surface area contributed by atoms with Gasteiger partial charge in [0.05, 0.1) is 12.3 Å². The highest BCUT2D eigenvalue weighted by Crippen LogP contribution is 2.28. The SMILES string of the molecule is C[C@H](NC(=O)[C@H]1CCCCN1C(=O)c1ccco1)[C@H](O)c1c(F)cccc1Cl. The van der Waals surface area contributed by atoms with Gasteiger partial charge in [-0.1, -0.05) is 17.7 Å². The van der Waals surface area contributed by atoms with Crippen molar-refractivity contribution in [3.05, 3.63) is 58.8 Å². The molecule has 1 saturated heterocycles. The van der Waals surface area contributed by atoms with Crippen LogP contribution in [0.15, 0.2) is 41.0 Å². The number of nitrogens with zero attached hydrogens (tertiary/aromatic N) is 1. The number of hydrogen-bond donors (Lipinski definition) is 2. The third-order valence-corrected chi connectivity index (χ3v) is 5.27. The number of carbonyl (C=O) groups excluding carboxylic acids is 2. The van der Waals surface area contributed by atoms with Crippen LogP contribution in [0, 0.1) is 5.82 Å². The van der Waals surface area contributed by atoms with Crippen molar-refractivity contribution < 1.29 is 23.5 Å². The molecule has 2 amide bonds. The lowest BCUT2D eigenvalue weighted by Gasteiger charge is -2.35. The number of piperidine rings is 1. The average Bonchev–Trinajstić information content (AvgIpc) is 3.22. The molecule has 3 rings (SSSR count). The maximum absolute atomic E-state index is 14.1. The summed E-state index contributed by atoms with van der Waals surface area (Å²) in [7, 11) is 0. The summed E-state index contributed by atoms with van der Waals surface area (Å²) in [6.07, 6.45) is 2.18. The number of hydrogen-bond acceptors (Lipinski definition) is 4. The van der Waals surface area contributed by atoms with Gasteiger partial charge in [0.1, 0.15) is 18.0 Å². The highest BCUT2D eigenvalue weighted by atomic mass is 35.5. The summed E-state index contributed by atoms with van der Waals surface area (Å²) in [5.74, 6) is -1.23. The van der Waals surface area contributed by atoms with E-state index in [0.717, 1.165) is 12.8 Å². The molecule has 1 aliphatic heterocycles. The van der Waals surface area contributed by atoms with E-state index in [9.17, 15) is 19.1 Å². The van der Waals surface area contributed by atoms with E-state index in [0.29, 0.717) is 13.0 Å². The molecule has 2 N–H and O–H groups in total. The molecule has 28 heavy (non-hydrogen) atoms. The second-order valence-electron chi connectivity index (χ2n) is 6.86. The second kappa shape index (κ2) is 8.75. The number of aliphatic hydroxyl groups excluding tert-OH is 1. The molecule has 0 spiro atoms. The fraction of sp³-hybridized carbons (Fsp3) is 0.400. The molecule has 1 aliphatic rings. The fourth-order valence-corrected chi connectivity index (χ4v) is 3.71. The van der Waals surface area contributed by atoms with Gasteiger partial charge in [0.2, 0.25) is 5.91 Å². The Balaban J connectivity index is 1.72. The lowest BCUT2D eigenvalue weighted by atomic mass is 9.99. The Kier molecular flexibility index (Phi) is 6.36. The first-order valence-electron chi connectivity index (χ1n) is 9.17. The number of nitrogens with one attached hydrogen (secondary N) is 1. The van der Waals surface area contributed by atoms with Crippen LogP contribution < -0.4 is 5.32 Å². The van der Waals surface area contributed by atoms with Crippen LogP contribution in [0.2, 0.25) is 5.02 Å². The van der Waals surface area contributed by atoms with Crippen LogP contribution >= 0.6 is 11.6 Å². The number of carbonyl (C=O) groups is 2. The summed E-state index contributed by atoms with van der Waals surface area (Å²) >= 11 is 6.00. The second-order valence-corrected chi connectivity index (χ2v) is 7.27. The van der Waals surface area contributed by atoms with Crippen molar-refractivity contribution in [2.75, 3.05) is 6.54 Å². The van der Waals surface area contributed by atoms with Gasteiger partial charge in [-0.05, 0) is 50.5 Å². The molecular formula is C20H22ClFN2O4. The smallest absolute Gasteiger partial charge is 0.290 e. The number of amides is 2. The van der Waals surface area contributed by atoms with Gasteiger partial charge in [-0.15, -0.1) is 0 Å². The normalized spacial score (nSPS) is 19.1. The van der Waals surface area contributed by atoms with Crippen molar-refractivity contribution >= 4 is 23.4 Å². The molecule has 0 saturated carbocycles. The van der Waals surface area contributed by atoms with Gasteiger partial charge < -0.3 is 19.7 Å². The highest BCUT2D eigenvalue weighted by molar-refractivity contribution is 6.31. The van der Waals surface area contributed by atoms with Gasteiger partial charge in [0.25, 0.3) is 5.91 Å². The van der Waals surface area contributed by atoms with Crippen LogP contribution in [0.5, 0.6) is 0 Å². The summed E-state index contributed by atoms with van der Waals surface area (Å²) in [5, 5.41) is 13.3. The Hall–Kier alpha value is -2.38. The minimum atomic E-state index is -1.32. The summed E-state index contributed by atoms with van der Waals surface area (Å²) in [4.78, 5) is 26.9. The van der Waals surface area contributed by atoms with E-state index in [4.69, 9.17) is 16.0 Å². The lowest BCUT2D eigenvalue weighted by Crippen LogP contribution is -2.54. The molecule has 6 nitrogen and oxygen atoms in total. The number of furan rings is 1. The average molecular weight is 409 g/mol. The van der Waals surface area contributed by atoms with Crippen LogP contribution in [0.4, 0.5) is 4.39 Å². The first kappa shape index (κ1) is 20.4. The number of aliphatic hydroxyl groups is 1. The number of likely N-dealkylation sites (tertiary alicyclic amines) is 1. The molecule has 0 bridgehead atoms. The monoisotopic (exact) mass is 408 g/mol. The Labute approximate surface area is 167 Å². The minimum absolute atomic E-state index is 0.0656. The maximum atomic E-state index is 14.1. The molecule has 1 fully saturated rings. The van der Waals surface area contributed by atoms with Crippen molar-refractivity contribution in [1.82, 2.24) is 10.2 Å². The summed E-state index contributed by atoms with van der Waals surface area (Å²) in [6, 6.07) is 5.80. The van der Waals surface area contributed by atoms with Crippen molar-refractivity contribution in [3.8, 4) is 0 Å². The quantitative estimate of drug-likeness (QED) is 0.795. The number of halogens is 2. The van der Waals surface area contributed by atoms with Gasteiger partial charge in [0, 0.05) is 17.1 Å². The van der Waals surface area contributed by atoms with E-state index in [1.54, 1.807) is 19.1 Å². The van der Waals surface area contributed by atoms with Crippen molar-refractivity contribution in [2.24, 2.45) is 0 Å². The molecule has 0 radical (unpaired) electrons. The topological polar surface area (TPSA) is 82.8 Å². The van der Waals surface area contributed by atoms with Crippen molar-refractivity contribution in [1.29, 1.82) is 0 Å². The van der Waals surface area contributed by atoms with Crippen LogP contribution in [-0.2, 0) is 4.79 Å². The predicted octanol–water partition coefficient (Wildman–Crippen LogP) is 3.31. The molecule has 0 aliphatic carbocycles. The summed E-state index contributed by atoms with van der Waals surface area (Å²) in [5.41, 5.74) is -0.0656. The molecule has 8 heteroatoms. The Bertz CT molecular complexity index is 822. The third-order valence-electron chi connectivity index (χ3n) is 4.94. The van der Waals surface area contributed by atoms with E-state index in [-0.39, 0.29) is 22.3 Å². The van der Waals surface area contributed by atoms with E-state index in [1.807, 2.05) is 0 Å². The van der Waals surface area contributed by atoms with E-state index < -0.39 is 29.9 Å². The Morgan fingerprint density at radius 2 is 2.11 bits per heavy atom. The van der Waals surface area contributed by atoms with Gasteiger partial charge in [-0.3, -0.25) is 9.59 Å². The van der Waals surface area contributed by atoms with E-state index in [2.05, 4.69) is 5.32 Å². The first-order chi connectivity index (χ1) is 13.4. The molecule has 3 atom stereocenters. The highest BCUT2D eigenvalue weighted by Gasteiger charge is 2.35. The fourth-order valence-electron chi connectivity index (χ4n) is 3.43. The molecule has 0 unspecified atom stereocenters. The van der Waals surface area contributed by atoms with Crippen LogP contribution in [0.25, 0.3) is 0 Å². The van der Waals surface area contributed by atoms with Crippen LogP contribution in [-0.4, -0.2) is 40.4 Å². The Morgan fingerprint density at radius 1 is 1.32 bits per heavy atom. The summed E-state index contributed by atoms with van der Waals surface area (Å²) < 4.78 is 19.2. The molecular weight excluding hydrogens is 387 g/mol. The zero-order valence-corrected chi connectivity index (χ0v) is 16.2. The third kappa shape index (κ3) is 4.20. The van der Waals surface area contributed by atoms with Crippen molar-refractivity contribution in [3.63, 3.8) is 0 Å². The molecule has 2 heterocycles. The Morgan fingerprint density at radius 3 is 2.79 bits per heavy atom. The minimum Gasteiger partial charge on any atom is -0.459 e. The molecule has 150 valence electrons. The molecule has 2 aromatic rings. The first-order valence-corrected chi connectivity index (χ1v) is 9.54. The van der Waals surface area contributed by atoms with Gasteiger partial charge >= 0.3 is 0 Å². The zero-order valence-electron chi connectivity index (χ0n) is 15.4. The van der Waals surface area contributed by atoms with Crippen LogP contribution in [0.1, 0.15) is 48.4 Å². The largest absolute Gasteiger partial charge is 0.459 e. The lowest BCUT2D eigenvalue weighted by molar-refractivity contribution is -0.128. The van der Waals surface area contributed by atoms with E-state index in [1.165, 1.54) is 29.4 Å². The van der Waals surface area contributed by atoms with Gasteiger partial charge in [-0.25, -0.2) is 4.39 Å². The molecule has 1 aromatic heterocycles. The number of rotatable bonds is 5. The molecule has 1 aromatic carbocycles.